The highest BCUT2D eigenvalue weighted by atomic mass is 19.1. The number of methoxy groups -OCH3 is 1. The molecule has 94 valence electrons. The molecule has 3 nitrogen and oxygen atoms in total. The lowest BCUT2D eigenvalue weighted by Gasteiger charge is -2.28. The maximum absolute atomic E-state index is 13.9. The zero-order chi connectivity index (χ0) is 12.3. The van der Waals surface area contributed by atoms with E-state index in [4.69, 9.17) is 15.2 Å². The van der Waals surface area contributed by atoms with E-state index in [0.717, 1.165) is 12.8 Å². The average Bonchev–Trinajstić information content (AvgIpc) is 2.38. The first-order chi connectivity index (χ1) is 8.24. The third-order valence-corrected chi connectivity index (χ3v) is 3.34. The average molecular weight is 239 g/mol. The van der Waals surface area contributed by atoms with Crippen molar-refractivity contribution in [1.29, 1.82) is 0 Å². The van der Waals surface area contributed by atoms with Gasteiger partial charge in [-0.05, 0) is 30.9 Å². The maximum Gasteiger partial charge on any atom is 0.131 e. The van der Waals surface area contributed by atoms with Crippen LogP contribution in [-0.4, -0.2) is 20.3 Å². The van der Waals surface area contributed by atoms with Crippen LogP contribution in [0.4, 0.5) is 4.39 Å². The van der Waals surface area contributed by atoms with Crippen LogP contribution in [0.3, 0.4) is 0 Å². The molecule has 2 N–H and O–H groups in total. The second kappa shape index (κ2) is 5.47. The van der Waals surface area contributed by atoms with E-state index in [0.29, 0.717) is 24.5 Å². The summed E-state index contributed by atoms with van der Waals surface area (Å²) in [6, 6.07) is 4.48. The standard InChI is InChI=1S/C13H18FNO2/c1-16-11-4-2-3-10(14)12(11)13(15)9-5-7-17-8-6-9/h2-4,9,13H,5-8,15H2,1H3. The fourth-order valence-corrected chi connectivity index (χ4v) is 2.33. The molecule has 0 spiro atoms. The highest BCUT2D eigenvalue weighted by molar-refractivity contribution is 5.37. The van der Waals surface area contributed by atoms with Crippen LogP contribution in [0.25, 0.3) is 0 Å². The Labute approximate surface area is 101 Å². The van der Waals surface area contributed by atoms with Crippen molar-refractivity contribution in [1.82, 2.24) is 0 Å². The number of ether oxygens (including phenoxy) is 2. The molecule has 0 bridgehead atoms. The summed E-state index contributed by atoms with van der Waals surface area (Å²) in [6.07, 6.45) is 1.75. The summed E-state index contributed by atoms with van der Waals surface area (Å²) in [7, 11) is 1.54. The maximum atomic E-state index is 13.9. The zero-order valence-electron chi connectivity index (χ0n) is 9.99. The molecule has 17 heavy (non-hydrogen) atoms. The number of rotatable bonds is 3. The summed E-state index contributed by atoms with van der Waals surface area (Å²) in [6.45, 7) is 1.41. The molecule has 0 saturated carbocycles. The van der Waals surface area contributed by atoms with Crippen molar-refractivity contribution in [2.75, 3.05) is 20.3 Å². The van der Waals surface area contributed by atoms with E-state index in [-0.39, 0.29) is 17.8 Å². The summed E-state index contributed by atoms with van der Waals surface area (Å²) in [5.41, 5.74) is 6.66. The van der Waals surface area contributed by atoms with Gasteiger partial charge in [0, 0.05) is 24.8 Å². The Bertz CT molecular complexity index is 378. The van der Waals surface area contributed by atoms with Crippen LogP contribution < -0.4 is 10.5 Å². The van der Waals surface area contributed by atoms with Crippen LogP contribution in [0.2, 0.25) is 0 Å². The summed E-state index contributed by atoms with van der Waals surface area (Å²) >= 11 is 0. The van der Waals surface area contributed by atoms with Gasteiger partial charge in [0.15, 0.2) is 0 Å². The van der Waals surface area contributed by atoms with Crippen LogP contribution in [-0.2, 0) is 4.74 Å². The Balaban J connectivity index is 2.25. The molecule has 0 aliphatic carbocycles. The number of benzene rings is 1. The Morgan fingerprint density at radius 2 is 2.12 bits per heavy atom. The second-order valence-electron chi connectivity index (χ2n) is 4.33. The molecule has 1 aliphatic heterocycles. The minimum absolute atomic E-state index is 0.259. The van der Waals surface area contributed by atoms with E-state index in [1.165, 1.54) is 13.2 Å². The molecular weight excluding hydrogens is 221 g/mol. The Hall–Kier alpha value is -1.13. The van der Waals surface area contributed by atoms with E-state index < -0.39 is 0 Å². The predicted molar refractivity (Wildman–Crippen MR) is 63.4 cm³/mol. The topological polar surface area (TPSA) is 44.5 Å². The van der Waals surface area contributed by atoms with E-state index >= 15 is 0 Å². The molecule has 1 fully saturated rings. The number of hydrogen-bond acceptors (Lipinski definition) is 3. The molecule has 1 aromatic carbocycles. The van der Waals surface area contributed by atoms with E-state index in [1.54, 1.807) is 12.1 Å². The van der Waals surface area contributed by atoms with Crippen LogP contribution in [0.1, 0.15) is 24.4 Å². The van der Waals surface area contributed by atoms with Crippen LogP contribution >= 0.6 is 0 Å². The molecule has 1 aromatic rings. The zero-order valence-corrected chi connectivity index (χ0v) is 9.99. The van der Waals surface area contributed by atoms with Gasteiger partial charge in [-0.25, -0.2) is 4.39 Å². The quantitative estimate of drug-likeness (QED) is 0.880. The fourth-order valence-electron chi connectivity index (χ4n) is 2.33. The molecule has 2 rings (SSSR count). The highest BCUT2D eigenvalue weighted by Gasteiger charge is 2.26. The van der Waals surface area contributed by atoms with Crippen molar-refractivity contribution in [3.63, 3.8) is 0 Å². The lowest BCUT2D eigenvalue weighted by atomic mass is 9.87. The van der Waals surface area contributed by atoms with Gasteiger partial charge < -0.3 is 15.2 Å². The molecule has 1 unspecified atom stereocenters. The predicted octanol–water partition coefficient (Wildman–Crippen LogP) is 2.26. The van der Waals surface area contributed by atoms with Gasteiger partial charge in [-0.2, -0.15) is 0 Å². The summed E-state index contributed by atoms with van der Waals surface area (Å²) in [5.74, 6) is 0.502. The van der Waals surface area contributed by atoms with Gasteiger partial charge in [0.2, 0.25) is 0 Å². The minimum atomic E-state index is -0.324. The first-order valence-electron chi connectivity index (χ1n) is 5.89. The van der Waals surface area contributed by atoms with Crippen molar-refractivity contribution >= 4 is 0 Å². The van der Waals surface area contributed by atoms with Crippen LogP contribution in [0.5, 0.6) is 5.75 Å². The van der Waals surface area contributed by atoms with Gasteiger partial charge >= 0.3 is 0 Å². The largest absolute Gasteiger partial charge is 0.496 e. The van der Waals surface area contributed by atoms with E-state index in [9.17, 15) is 4.39 Å². The third-order valence-electron chi connectivity index (χ3n) is 3.34. The monoisotopic (exact) mass is 239 g/mol. The Morgan fingerprint density at radius 1 is 1.41 bits per heavy atom. The number of nitrogens with two attached hydrogens (primary N) is 1. The molecule has 1 heterocycles. The van der Waals surface area contributed by atoms with E-state index in [1.807, 2.05) is 0 Å². The molecule has 0 amide bonds. The van der Waals surface area contributed by atoms with Crippen LogP contribution in [0, 0.1) is 11.7 Å². The van der Waals surface area contributed by atoms with Crippen molar-refractivity contribution in [3.05, 3.63) is 29.6 Å². The molecule has 1 saturated heterocycles. The second-order valence-corrected chi connectivity index (χ2v) is 4.33. The first kappa shape index (κ1) is 12.3. The van der Waals surface area contributed by atoms with Crippen molar-refractivity contribution < 1.29 is 13.9 Å². The van der Waals surface area contributed by atoms with Gasteiger partial charge in [0.1, 0.15) is 11.6 Å². The molecular formula is C13H18FNO2. The van der Waals surface area contributed by atoms with Crippen molar-refractivity contribution in [2.24, 2.45) is 11.7 Å². The molecule has 1 atom stereocenters. The van der Waals surface area contributed by atoms with Crippen LogP contribution in [0.15, 0.2) is 18.2 Å². The lowest BCUT2D eigenvalue weighted by molar-refractivity contribution is 0.0577. The number of hydrogen-bond donors (Lipinski definition) is 1. The van der Waals surface area contributed by atoms with Gasteiger partial charge in [-0.1, -0.05) is 6.07 Å². The Kier molecular flexibility index (Phi) is 3.97. The summed E-state index contributed by atoms with van der Waals surface area (Å²) in [5, 5.41) is 0. The molecule has 0 aromatic heterocycles. The smallest absolute Gasteiger partial charge is 0.131 e. The fraction of sp³-hybridized carbons (Fsp3) is 0.538. The summed E-state index contributed by atoms with van der Waals surface area (Å²) in [4.78, 5) is 0. The SMILES string of the molecule is COc1cccc(F)c1C(N)C1CCOCC1. The molecule has 0 radical (unpaired) electrons. The van der Waals surface area contributed by atoms with E-state index in [2.05, 4.69) is 0 Å². The Morgan fingerprint density at radius 3 is 2.76 bits per heavy atom. The third kappa shape index (κ3) is 2.58. The normalized spacial score (nSPS) is 19.0. The summed E-state index contributed by atoms with van der Waals surface area (Å²) < 4.78 is 24.3. The first-order valence-corrected chi connectivity index (χ1v) is 5.89. The van der Waals surface area contributed by atoms with Gasteiger partial charge in [-0.3, -0.25) is 0 Å². The number of halogens is 1. The van der Waals surface area contributed by atoms with Gasteiger partial charge in [0.05, 0.1) is 7.11 Å². The van der Waals surface area contributed by atoms with Gasteiger partial charge in [-0.15, -0.1) is 0 Å². The van der Waals surface area contributed by atoms with Crippen molar-refractivity contribution in [3.8, 4) is 5.75 Å². The minimum Gasteiger partial charge on any atom is -0.496 e. The van der Waals surface area contributed by atoms with Gasteiger partial charge in [0.25, 0.3) is 0 Å². The van der Waals surface area contributed by atoms with Crippen molar-refractivity contribution in [2.45, 2.75) is 18.9 Å². The highest BCUT2D eigenvalue weighted by Crippen LogP contribution is 2.34. The molecule has 4 heteroatoms. The molecule has 1 aliphatic rings. The lowest BCUT2D eigenvalue weighted by Crippen LogP contribution is -2.28.